The van der Waals surface area contributed by atoms with Crippen LogP contribution in [0.1, 0.15) is 0 Å². The van der Waals surface area contributed by atoms with Gasteiger partial charge in [0.05, 0.1) is 7.11 Å². The Balaban J connectivity index is 2.55. The molecule has 0 saturated carbocycles. The maximum Gasteiger partial charge on any atom is 0.297 e. The molecule has 1 radical (unpaired) electrons. The summed E-state index contributed by atoms with van der Waals surface area (Å²) in [7, 11) is -1.04. The first-order valence-electron chi connectivity index (χ1n) is 5.83. The van der Waals surface area contributed by atoms with Crippen LogP contribution in [-0.2, 0) is 14.3 Å². The molecule has 0 amide bonds. The van der Waals surface area contributed by atoms with Gasteiger partial charge in [0.25, 0.3) is 10.1 Å². The van der Waals surface area contributed by atoms with Crippen molar-refractivity contribution in [3.05, 3.63) is 61.5 Å². The number of hydrogen-bond acceptors (Lipinski definition) is 3. The maximum atomic E-state index is 14.1. The monoisotopic (exact) mass is 289 g/mol. The molecule has 0 aliphatic rings. The first kappa shape index (κ1) is 13.0. The van der Waals surface area contributed by atoms with Crippen LogP contribution >= 0.6 is 0 Å². The number of fused-ring (bicyclic) bond motifs is 3. The highest BCUT2D eigenvalue weighted by atomic mass is 32.2. The highest BCUT2D eigenvalue weighted by molar-refractivity contribution is 7.87. The second kappa shape index (κ2) is 4.54. The second-order valence-corrected chi connectivity index (χ2v) is 5.91. The summed E-state index contributed by atoms with van der Waals surface area (Å²) >= 11 is 0. The van der Waals surface area contributed by atoms with Gasteiger partial charge in [-0.25, -0.2) is 4.39 Å². The fourth-order valence-electron chi connectivity index (χ4n) is 2.34. The third-order valence-electron chi connectivity index (χ3n) is 3.24. The third-order valence-corrected chi connectivity index (χ3v) is 4.44. The second-order valence-electron chi connectivity index (χ2n) is 4.33. The lowest BCUT2D eigenvalue weighted by Crippen LogP contribution is -2.02. The average molecular weight is 289 g/mol. The Labute approximate surface area is 115 Å². The van der Waals surface area contributed by atoms with E-state index in [0.717, 1.165) is 0 Å². The van der Waals surface area contributed by atoms with Gasteiger partial charge in [-0.1, -0.05) is 36.4 Å². The summed E-state index contributed by atoms with van der Waals surface area (Å²) < 4.78 is 42.1. The average Bonchev–Trinajstić information content (AvgIpc) is 2.47. The zero-order valence-electron chi connectivity index (χ0n) is 10.3. The van der Waals surface area contributed by atoms with E-state index in [0.29, 0.717) is 16.2 Å². The van der Waals surface area contributed by atoms with Gasteiger partial charge >= 0.3 is 0 Å². The van der Waals surface area contributed by atoms with E-state index in [2.05, 4.69) is 11.3 Å². The van der Waals surface area contributed by atoms with Crippen LogP contribution in [-0.4, -0.2) is 8.42 Å². The molecule has 3 aromatic rings. The summed E-state index contributed by atoms with van der Waals surface area (Å²) in [6.45, 7) is 0. The Bertz CT molecular complexity index is 917. The summed E-state index contributed by atoms with van der Waals surface area (Å²) in [6.07, 6.45) is 0. The van der Waals surface area contributed by atoms with Crippen molar-refractivity contribution in [3.63, 3.8) is 0 Å². The first-order valence-corrected chi connectivity index (χ1v) is 7.24. The normalized spacial score (nSPS) is 12.1. The van der Waals surface area contributed by atoms with E-state index in [1.54, 1.807) is 36.4 Å². The number of rotatable bonds is 2. The summed E-state index contributed by atoms with van der Waals surface area (Å²) in [6, 6.07) is 12.8. The van der Waals surface area contributed by atoms with Gasteiger partial charge in [0.2, 0.25) is 0 Å². The van der Waals surface area contributed by atoms with Crippen molar-refractivity contribution in [1.82, 2.24) is 0 Å². The molecule has 3 nitrogen and oxygen atoms in total. The van der Waals surface area contributed by atoms with E-state index in [9.17, 15) is 12.8 Å². The molecule has 3 aromatic carbocycles. The topological polar surface area (TPSA) is 43.4 Å². The predicted octanol–water partition coefficient (Wildman–Crippen LogP) is 3.63. The third kappa shape index (κ3) is 1.87. The van der Waals surface area contributed by atoms with Crippen LogP contribution in [0.15, 0.2) is 53.4 Å². The SMILES string of the molecule is [CH2]OS(=O)(=O)c1cccc2c1cc(F)c1ccccc12. The van der Waals surface area contributed by atoms with Crippen molar-refractivity contribution in [2.75, 3.05) is 0 Å². The molecule has 0 heterocycles. The molecule has 0 aliphatic carbocycles. The first-order chi connectivity index (χ1) is 9.54. The summed E-state index contributed by atoms with van der Waals surface area (Å²) in [5.74, 6) is -0.472. The molecule has 0 atom stereocenters. The molecule has 0 unspecified atom stereocenters. The molecule has 0 fully saturated rings. The van der Waals surface area contributed by atoms with E-state index >= 15 is 0 Å². The molecule has 0 aliphatic heterocycles. The van der Waals surface area contributed by atoms with Crippen LogP contribution in [0, 0.1) is 12.9 Å². The van der Waals surface area contributed by atoms with Gasteiger partial charge in [0.1, 0.15) is 10.7 Å². The smallest absolute Gasteiger partial charge is 0.264 e. The zero-order chi connectivity index (χ0) is 14.3. The predicted molar refractivity (Wildman–Crippen MR) is 75.0 cm³/mol. The minimum Gasteiger partial charge on any atom is -0.264 e. The molecule has 20 heavy (non-hydrogen) atoms. The number of hydrogen-bond donors (Lipinski definition) is 0. The summed E-state index contributed by atoms with van der Waals surface area (Å²) in [4.78, 5) is -0.0883. The van der Waals surface area contributed by atoms with Crippen molar-refractivity contribution in [3.8, 4) is 0 Å². The van der Waals surface area contributed by atoms with Gasteiger partial charge in [-0.2, -0.15) is 8.42 Å². The minimum absolute atomic E-state index is 0.0883. The standard InChI is InChI=1S/C15H10FO3S/c1-19-20(17,18)15-8-4-7-11-10-5-2-3-6-12(10)14(16)9-13(11)15/h2-9H,1H2. The van der Waals surface area contributed by atoms with Crippen LogP contribution in [0.5, 0.6) is 0 Å². The van der Waals surface area contributed by atoms with Gasteiger partial charge < -0.3 is 0 Å². The van der Waals surface area contributed by atoms with E-state index in [1.807, 2.05) is 0 Å². The molecule has 0 N–H and O–H groups in total. The summed E-state index contributed by atoms with van der Waals surface area (Å²) in [5, 5.41) is 2.04. The van der Waals surface area contributed by atoms with Gasteiger partial charge in [-0.05, 0) is 22.9 Å². The minimum atomic E-state index is -3.99. The van der Waals surface area contributed by atoms with Crippen molar-refractivity contribution in [1.29, 1.82) is 0 Å². The van der Waals surface area contributed by atoms with Crippen LogP contribution in [0.4, 0.5) is 4.39 Å². The van der Waals surface area contributed by atoms with Crippen molar-refractivity contribution >= 4 is 31.7 Å². The van der Waals surface area contributed by atoms with Gasteiger partial charge in [-0.15, -0.1) is 0 Å². The molecule has 3 rings (SSSR count). The fraction of sp³-hybridized carbons (Fsp3) is 0. The molecule has 5 heteroatoms. The Morgan fingerprint density at radius 1 is 0.900 bits per heavy atom. The molecule has 101 valence electrons. The molecular formula is C15H10FO3S. The number of benzene rings is 3. The van der Waals surface area contributed by atoms with Crippen molar-refractivity contribution < 1.29 is 17.0 Å². The van der Waals surface area contributed by atoms with Gasteiger partial charge in [-0.3, -0.25) is 4.18 Å². The van der Waals surface area contributed by atoms with Crippen LogP contribution in [0.2, 0.25) is 0 Å². The van der Waals surface area contributed by atoms with Crippen LogP contribution in [0.3, 0.4) is 0 Å². The van der Waals surface area contributed by atoms with Crippen LogP contribution < -0.4 is 0 Å². The number of halogens is 1. The quantitative estimate of drug-likeness (QED) is 0.534. The lowest BCUT2D eigenvalue weighted by Gasteiger charge is -2.09. The van der Waals surface area contributed by atoms with Crippen LogP contribution in [0.25, 0.3) is 21.5 Å². The van der Waals surface area contributed by atoms with Crippen molar-refractivity contribution in [2.45, 2.75) is 4.90 Å². The molecular weight excluding hydrogens is 279 g/mol. The van der Waals surface area contributed by atoms with E-state index in [-0.39, 0.29) is 10.3 Å². The maximum absolute atomic E-state index is 14.1. The highest BCUT2D eigenvalue weighted by Crippen LogP contribution is 2.32. The molecule has 0 aromatic heterocycles. The van der Waals surface area contributed by atoms with Gasteiger partial charge in [0.15, 0.2) is 0 Å². The van der Waals surface area contributed by atoms with E-state index < -0.39 is 15.9 Å². The Morgan fingerprint density at radius 3 is 2.20 bits per heavy atom. The molecule has 0 bridgehead atoms. The lowest BCUT2D eigenvalue weighted by atomic mass is 10.0. The van der Waals surface area contributed by atoms with Gasteiger partial charge in [0, 0.05) is 10.8 Å². The highest BCUT2D eigenvalue weighted by Gasteiger charge is 2.18. The Morgan fingerprint density at radius 2 is 1.50 bits per heavy atom. The zero-order valence-corrected chi connectivity index (χ0v) is 11.2. The Hall–Kier alpha value is -1.98. The Kier molecular flexibility index (Phi) is 2.96. The lowest BCUT2D eigenvalue weighted by molar-refractivity contribution is 0.439. The van der Waals surface area contributed by atoms with E-state index in [4.69, 9.17) is 0 Å². The molecule has 0 saturated heterocycles. The van der Waals surface area contributed by atoms with E-state index in [1.165, 1.54) is 12.1 Å². The van der Waals surface area contributed by atoms with Crippen molar-refractivity contribution in [2.24, 2.45) is 0 Å². The fourth-order valence-corrected chi connectivity index (χ4v) is 3.15. The molecule has 0 spiro atoms. The largest absolute Gasteiger partial charge is 0.297 e. The summed E-state index contributed by atoms with van der Waals surface area (Å²) in [5.41, 5.74) is 0.